The summed E-state index contributed by atoms with van der Waals surface area (Å²) in [5.41, 5.74) is 0. The topological polar surface area (TPSA) is 78.9 Å². The molecule has 6 heteroatoms. The van der Waals surface area contributed by atoms with E-state index in [-0.39, 0.29) is 31.1 Å². The van der Waals surface area contributed by atoms with Crippen LogP contribution in [0.3, 0.4) is 0 Å². The third-order valence-electron chi connectivity index (χ3n) is 11.3. The van der Waals surface area contributed by atoms with Crippen molar-refractivity contribution in [1.82, 2.24) is 0 Å². The SMILES string of the molecule is CCCCC/C=C\C/C=C\C/C=C\CCCCCCC(=O)OC[C@@H](COC(=O)CCCCCCC/C=C\CCCCCC)OC(=O)CCCCCC/C=C\C/C=C\C/C=C\CCCCC. The summed E-state index contributed by atoms with van der Waals surface area (Å²) in [7, 11) is 0. The molecule has 0 bridgehead atoms. The minimum Gasteiger partial charge on any atom is -0.462 e. The first kappa shape index (κ1) is 61.6. The van der Waals surface area contributed by atoms with E-state index < -0.39 is 6.10 Å². The lowest BCUT2D eigenvalue weighted by Crippen LogP contribution is -2.30. The highest BCUT2D eigenvalue weighted by molar-refractivity contribution is 5.71. The number of allylic oxidation sites excluding steroid dienone is 14. The van der Waals surface area contributed by atoms with E-state index in [9.17, 15) is 14.4 Å². The number of carbonyl (C=O) groups excluding carboxylic acids is 3. The second-order valence-electron chi connectivity index (χ2n) is 17.8. The summed E-state index contributed by atoms with van der Waals surface area (Å²) >= 11 is 0. The van der Waals surface area contributed by atoms with Crippen molar-refractivity contribution in [3.8, 4) is 0 Å². The maximum absolute atomic E-state index is 12.8. The van der Waals surface area contributed by atoms with Crippen LogP contribution in [0, 0.1) is 0 Å². The number of esters is 3. The molecule has 0 unspecified atom stereocenters. The second-order valence-corrected chi connectivity index (χ2v) is 17.8. The van der Waals surface area contributed by atoms with Crippen molar-refractivity contribution in [2.75, 3.05) is 13.2 Å². The Balaban J connectivity index is 4.48. The van der Waals surface area contributed by atoms with Gasteiger partial charge in [-0.2, -0.15) is 0 Å². The molecule has 0 fully saturated rings. The van der Waals surface area contributed by atoms with Crippen LogP contribution in [0.4, 0.5) is 0 Å². The van der Waals surface area contributed by atoms with Crippen LogP contribution < -0.4 is 0 Å². The number of ether oxygens (including phenoxy) is 3. The molecular formula is C59H100O6. The Morgan fingerprint density at radius 3 is 0.908 bits per heavy atom. The average Bonchev–Trinajstić information content (AvgIpc) is 3.30. The Bertz CT molecular complexity index is 1270. The van der Waals surface area contributed by atoms with E-state index in [1.807, 2.05) is 0 Å². The highest BCUT2D eigenvalue weighted by Gasteiger charge is 2.19. The van der Waals surface area contributed by atoms with Gasteiger partial charge in [-0.05, 0) is 122 Å². The number of rotatable bonds is 48. The van der Waals surface area contributed by atoms with Gasteiger partial charge in [-0.15, -0.1) is 0 Å². The third-order valence-corrected chi connectivity index (χ3v) is 11.3. The van der Waals surface area contributed by atoms with Crippen LogP contribution in [0.1, 0.15) is 252 Å². The van der Waals surface area contributed by atoms with E-state index >= 15 is 0 Å². The van der Waals surface area contributed by atoms with E-state index in [1.54, 1.807) is 0 Å². The first-order valence-corrected chi connectivity index (χ1v) is 27.1. The number of hydrogen-bond donors (Lipinski definition) is 0. The van der Waals surface area contributed by atoms with Crippen LogP contribution in [-0.2, 0) is 28.6 Å². The Labute approximate surface area is 401 Å². The smallest absolute Gasteiger partial charge is 0.306 e. The van der Waals surface area contributed by atoms with Gasteiger partial charge in [0.25, 0.3) is 0 Å². The molecular weight excluding hydrogens is 805 g/mol. The molecule has 0 saturated carbocycles. The molecule has 6 nitrogen and oxygen atoms in total. The Morgan fingerprint density at radius 1 is 0.308 bits per heavy atom. The predicted octanol–water partition coefficient (Wildman–Crippen LogP) is 18.0. The van der Waals surface area contributed by atoms with Crippen LogP contribution in [0.2, 0.25) is 0 Å². The lowest BCUT2D eigenvalue weighted by molar-refractivity contribution is -0.167. The largest absolute Gasteiger partial charge is 0.462 e. The zero-order valence-corrected chi connectivity index (χ0v) is 42.5. The minimum absolute atomic E-state index is 0.0978. The van der Waals surface area contributed by atoms with Gasteiger partial charge >= 0.3 is 17.9 Å². The molecule has 0 amide bonds. The van der Waals surface area contributed by atoms with Crippen molar-refractivity contribution in [2.45, 2.75) is 258 Å². The fourth-order valence-corrected chi connectivity index (χ4v) is 7.21. The molecule has 0 radical (unpaired) electrons. The molecule has 0 aromatic heterocycles. The van der Waals surface area contributed by atoms with Gasteiger partial charge in [0.15, 0.2) is 6.10 Å². The van der Waals surface area contributed by atoms with Crippen molar-refractivity contribution < 1.29 is 28.6 Å². The molecule has 0 aromatic rings. The zero-order valence-electron chi connectivity index (χ0n) is 42.5. The molecule has 0 saturated heterocycles. The van der Waals surface area contributed by atoms with Crippen molar-refractivity contribution in [1.29, 1.82) is 0 Å². The van der Waals surface area contributed by atoms with Crippen LogP contribution in [0.15, 0.2) is 85.1 Å². The molecule has 0 aliphatic heterocycles. The fraction of sp³-hybridized carbons (Fsp3) is 0.712. The lowest BCUT2D eigenvalue weighted by Gasteiger charge is -2.18. The van der Waals surface area contributed by atoms with Gasteiger partial charge in [-0.3, -0.25) is 14.4 Å². The second kappa shape index (κ2) is 53.2. The number of unbranched alkanes of at least 4 members (excludes halogenated alkanes) is 23. The first-order valence-electron chi connectivity index (χ1n) is 27.1. The molecule has 0 aliphatic carbocycles. The van der Waals surface area contributed by atoms with Crippen LogP contribution in [0.5, 0.6) is 0 Å². The standard InChI is InChI=1S/C59H100O6/c1-4-7-10-13-16-19-22-25-27-29-31-34-37-40-43-46-49-52-58(61)64-55-56(54-63-57(60)51-48-45-42-39-36-33-24-21-18-15-12-9-6-3)65-59(62)53-50-47-44-41-38-35-32-30-28-26-23-20-17-14-11-8-5-2/h16-17,19-21,24-28,31-32,34-35,56H,4-15,18,22-23,29-30,33,36-55H2,1-3H3/b19-16-,20-17-,24-21-,27-25-,28-26-,34-31-,35-32-/t56-/m1/s1. The van der Waals surface area contributed by atoms with E-state index in [0.717, 1.165) is 116 Å². The van der Waals surface area contributed by atoms with E-state index in [1.165, 1.54) is 96.3 Å². The van der Waals surface area contributed by atoms with Crippen LogP contribution in [0.25, 0.3) is 0 Å². The van der Waals surface area contributed by atoms with Crippen LogP contribution in [-0.4, -0.2) is 37.2 Å². The van der Waals surface area contributed by atoms with Crippen molar-refractivity contribution >= 4 is 17.9 Å². The molecule has 0 aromatic carbocycles. The van der Waals surface area contributed by atoms with Gasteiger partial charge in [0.1, 0.15) is 13.2 Å². The van der Waals surface area contributed by atoms with Crippen LogP contribution >= 0.6 is 0 Å². The number of carbonyl (C=O) groups is 3. The molecule has 0 rings (SSSR count). The Kier molecular flexibility index (Phi) is 50.4. The van der Waals surface area contributed by atoms with E-state index in [4.69, 9.17) is 14.2 Å². The fourth-order valence-electron chi connectivity index (χ4n) is 7.21. The zero-order chi connectivity index (χ0) is 47.2. The molecule has 372 valence electrons. The minimum atomic E-state index is -0.801. The average molecular weight is 905 g/mol. The van der Waals surface area contributed by atoms with Gasteiger partial charge in [0.2, 0.25) is 0 Å². The Hall–Kier alpha value is -3.41. The summed E-state index contributed by atoms with van der Waals surface area (Å²) < 4.78 is 16.8. The van der Waals surface area contributed by atoms with Crippen molar-refractivity contribution in [2.24, 2.45) is 0 Å². The molecule has 1 atom stereocenters. The highest BCUT2D eigenvalue weighted by Crippen LogP contribution is 2.13. The normalized spacial score (nSPS) is 12.7. The summed E-state index contributed by atoms with van der Waals surface area (Å²) in [4.78, 5) is 38.0. The monoisotopic (exact) mass is 905 g/mol. The summed E-state index contributed by atoms with van der Waals surface area (Å²) in [5, 5.41) is 0. The van der Waals surface area contributed by atoms with Gasteiger partial charge in [0.05, 0.1) is 0 Å². The van der Waals surface area contributed by atoms with Gasteiger partial charge in [-0.1, -0.05) is 196 Å². The number of hydrogen-bond acceptors (Lipinski definition) is 6. The third kappa shape index (κ3) is 51.4. The van der Waals surface area contributed by atoms with Crippen molar-refractivity contribution in [3.05, 3.63) is 85.1 Å². The Morgan fingerprint density at radius 2 is 0.554 bits per heavy atom. The predicted molar refractivity (Wildman–Crippen MR) is 279 cm³/mol. The molecule has 0 spiro atoms. The van der Waals surface area contributed by atoms with Gasteiger partial charge < -0.3 is 14.2 Å². The molecule has 65 heavy (non-hydrogen) atoms. The summed E-state index contributed by atoms with van der Waals surface area (Å²) in [6.07, 6.45) is 68.4. The summed E-state index contributed by atoms with van der Waals surface area (Å²) in [6, 6.07) is 0. The summed E-state index contributed by atoms with van der Waals surface area (Å²) in [5.74, 6) is -0.949. The van der Waals surface area contributed by atoms with E-state index in [0.29, 0.717) is 19.3 Å². The van der Waals surface area contributed by atoms with Crippen molar-refractivity contribution in [3.63, 3.8) is 0 Å². The molecule has 0 heterocycles. The van der Waals surface area contributed by atoms with Gasteiger partial charge in [-0.25, -0.2) is 0 Å². The molecule has 0 N–H and O–H groups in total. The first-order chi connectivity index (χ1) is 32.0. The highest BCUT2D eigenvalue weighted by atomic mass is 16.6. The summed E-state index contributed by atoms with van der Waals surface area (Å²) in [6.45, 7) is 6.52. The van der Waals surface area contributed by atoms with E-state index in [2.05, 4.69) is 106 Å². The maximum atomic E-state index is 12.8. The lowest BCUT2D eigenvalue weighted by atomic mass is 10.1. The quantitative estimate of drug-likeness (QED) is 0.0262. The maximum Gasteiger partial charge on any atom is 0.306 e. The van der Waals surface area contributed by atoms with Gasteiger partial charge in [0, 0.05) is 19.3 Å². The molecule has 0 aliphatic rings.